The Morgan fingerprint density at radius 3 is 2.64 bits per heavy atom. The second kappa shape index (κ2) is 8.22. The average molecular weight is 481 g/mol. The molecule has 0 aliphatic heterocycles. The van der Waals surface area contributed by atoms with Crippen LogP contribution in [0.3, 0.4) is 0 Å². The molecule has 3 fully saturated rings. The number of rotatable bonds is 5. The number of hydrogen-bond donors (Lipinski definition) is 2. The Hall–Kier alpha value is -1.68. The molecule has 182 valence electrons. The van der Waals surface area contributed by atoms with Crippen LogP contribution in [0.25, 0.3) is 0 Å². The summed E-state index contributed by atoms with van der Waals surface area (Å²) in [6, 6.07) is 0. The van der Waals surface area contributed by atoms with Gasteiger partial charge in [0.2, 0.25) is 5.78 Å². The SMILES string of the molecule is CC(=O)OCC(=O)[C@@]1(OS(=O)O)CC[C@H]2[C@@H]3C[C@H](C)C4=CC(=O)C=C[C@]4(C)[C@H]3[C@@H](O)C[C@@]21C. The molecule has 0 bridgehead atoms. The van der Waals surface area contributed by atoms with Gasteiger partial charge in [0.25, 0.3) is 0 Å². The second-order valence-corrected chi connectivity index (χ2v) is 11.2. The van der Waals surface area contributed by atoms with Crippen LogP contribution in [0.15, 0.2) is 23.8 Å². The van der Waals surface area contributed by atoms with Crippen molar-refractivity contribution in [3.8, 4) is 0 Å². The van der Waals surface area contributed by atoms with Crippen LogP contribution in [0.5, 0.6) is 0 Å². The number of carbonyl (C=O) groups is 3. The zero-order valence-electron chi connectivity index (χ0n) is 19.4. The van der Waals surface area contributed by atoms with Gasteiger partial charge in [-0.2, -0.15) is 4.21 Å². The molecule has 0 aromatic heterocycles. The molecule has 0 aromatic carbocycles. The van der Waals surface area contributed by atoms with Gasteiger partial charge in [-0.25, -0.2) is 0 Å². The summed E-state index contributed by atoms with van der Waals surface area (Å²) in [5, 5.41) is 11.5. The fraction of sp³-hybridized carbons (Fsp3) is 0.708. The molecule has 8 nitrogen and oxygen atoms in total. The summed E-state index contributed by atoms with van der Waals surface area (Å²) in [7, 11) is 0. The van der Waals surface area contributed by atoms with Crippen molar-refractivity contribution in [2.24, 2.45) is 34.5 Å². The number of carbonyl (C=O) groups excluding carboxylic acids is 3. The van der Waals surface area contributed by atoms with Crippen LogP contribution in [0.1, 0.15) is 53.4 Å². The first kappa shape index (κ1) is 24.4. The quantitative estimate of drug-likeness (QED) is 0.454. The lowest BCUT2D eigenvalue weighted by molar-refractivity contribution is -0.176. The lowest BCUT2D eigenvalue weighted by atomic mass is 9.45. The number of hydrogen-bond acceptors (Lipinski definition) is 7. The Morgan fingerprint density at radius 2 is 2.00 bits per heavy atom. The molecule has 4 aliphatic carbocycles. The van der Waals surface area contributed by atoms with E-state index in [1.165, 1.54) is 6.92 Å². The Labute approximate surface area is 196 Å². The van der Waals surface area contributed by atoms with Crippen LogP contribution in [-0.2, 0) is 34.7 Å². The predicted molar refractivity (Wildman–Crippen MR) is 119 cm³/mol. The minimum Gasteiger partial charge on any atom is -0.458 e. The number of esters is 1. The highest BCUT2D eigenvalue weighted by Crippen LogP contribution is 2.68. The normalized spacial score (nSPS) is 44.8. The van der Waals surface area contributed by atoms with Crippen molar-refractivity contribution < 1.29 is 37.2 Å². The third-order valence-corrected chi connectivity index (χ3v) is 9.43. The molecule has 0 spiro atoms. The molecule has 0 heterocycles. The maximum absolute atomic E-state index is 13.3. The number of aliphatic hydroxyl groups excluding tert-OH is 1. The van der Waals surface area contributed by atoms with Crippen LogP contribution in [-0.4, -0.2) is 49.7 Å². The van der Waals surface area contributed by atoms with Crippen molar-refractivity contribution in [1.82, 2.24) is 0 Å². The molecule has 4 rings (SSSR count). The van der Waals surface area contributed by atoms with Gasteiger partial charge in [0.05, 0.1) is 6.10 Å². The van der Waals surface area contributed by atoms with E-state index < -0.39 is 52.3 Å². The van der Waals surface area contributed by atoms with Gasteiger partial charge < -0.3 is 9.84 Å². The summed E-state index contributed by atoms with van der Waals surface area (Å²) < 4.78 is 31.9. The highest BCUT2D eigenvalue weighted by atomic mass is 32.2. The summed E-state index contributed by atoms with van der Waals surface area (Å²) in [4.78, 5) is 36.7. The van der Waals surface area contributed by atoms with Crippen molar-refractivity contribution in [3.63, 3.8) is 0 Å². The van der Waals surface area contributed by atoms with E-state index in [1.54, 1.807) is 12.2 Å². The number of ether oxygens (including phenoxy) is 1. The number of aliphatic hydroxyl groups is 1. The molecule has 4 aliphatic rings. The fourth-order valence-corrected chi connectivity index (χ4v) is 8.39. The van der Waals surface area contributed by atoms with Crippen molar-refractivity contribution in [1.29, 1.82) is 0 Å². The number of fused-ring (bicyclic) bond motifs is 5. The number of Topliss-reactive ketones (excluding diaryl/α,β-unsaturated/α-hetero) is 1. The first-order valence-corrected chi connectivity index (χ1v) is 12.5. The van der Waals surface area contributed by atoms with Gasteiger partial charge >= 0.3 is 17.3 Å². The van der Waals surface area contributed by atoms with E-state index in [0.717, 1.165) is 12.0 Å². The third-order valence-electron chi connectivity index (χ3n) is 9.01. The van der Waals surface area contributed by atoms with E-state index in [9.17, 15) is 28.3 Å². The number of ketones is 2. The van der Waals surface area contributed by atoms with E-state index >= 15 is 0 Å². The van der Waals surface area contributed by atoms with E-state index in [4.69, 9.17) is 8.92 Å². The van der Waals surface area contributed by atoms with E-state index in [2.05, 4.69) is 13.8 Å². The van der Waals surface area contributed by atoms with Crippen molar-refractivity contribution >= 4 is 28.9 Å². The van der Waals surface area contributed by atoms with Crippen LogP contribution in [0, 0.1) is 34.5 Å². The minimum absolute atomic E-state index is 0.0212. The molecule has 0 saturated heterocycles. The molecule has 1 unspecified atom stereocenters. The second-order valence-electron chi connectivity index (χ2n) is 10.6. The lowest BCUT2D eigenvalue weighted by Crippen LogP contribution is -2.63. The summed E-state index contributed by atoms with van der Waals surface area (Å²) in [5.41, 5.74) is -2.02. The third kappa shape index (κ3) is 3.59. The largest absolute Gasteiger partial charge is 0.458 e. The van der Waals surface area contributed by atoms with Gasteiger partial charge in [0.15, 0.2) is 18.0 Å². The molecule has 9 heteroatoms. The standard InChI is InChI=1S/C24H32O8S/c1-13-9-16-17-6-8-24(32-33(29)30,20(28)12-31-14(2)25)23(17,4)11-19(27)21(16)22(3)7-5-15(26)10-18(13)22/h5,7,10,13,16-17,19,21,27H,6,8-9,11-12H2,1-4H3,(H,29,30)/t13-,16-,17-,19-,21+,22-,23-,24-/m0/s1. The maximum Gasteiger partial charge on any atom is 0.303 e. The molecule has 3 saturated carbocycles. The van der Waals surface area contributed by atoms with Crippen molar-refractivity contribution in [2.45, 2.75) is 65.1 Å². The minimum atomic E-state index is -2.72. The summed E-state index contributed by atoms with van der Waals surface area (Å²) in [6.45, 7) is 6.63. The summed E-state index contributed by atoms with van der Waals surface area (Å²) in [5.74, 6) is -1.30. The van der Waals surface area contributed by atoms with Gasteiger partial charge in [-0.15, -0.1) is 0 Å². The Kier molecular flexibility index (Phi) is 6.09. The van der Waals surface area contributed by atoms with Gasteiger partial charge in [-0.3, -0.25) is 23.1 Å². The van der Waals surface area contributed by atoms with E-state index in [-0.39, 0.29) is 42.3 Å². The highest BCUT2D eigenvalue weighted by Gasteiger charge is 2.70. The van der Waals surface area contributed by atoms with Gasteiger partial charge in [0.1, 0.15) is 0 Å². The van der Waals surface area contributed by atoms with Crippen LogP contribution < -0.4 is 0 Å². The summed E-state index contributed by atoms with van der Waals surface area (Å²) >= 11 is -2.72. The van der Waals surface area contributed by atoms with E-state index in [0.29, 0.717) is 6.42 Å². The zero-order valence-corrected chi connectivity index (χ0v) is 20.2. The lowest BCUT2D eigenvalue weighted by Gasteiger charge is -2.61. The van der Waals surface area contributed by atoms with Gasteiger partial charge in [0, 0.05) is 23.7 Å². The maximum atomic E-state index is 13.3. The zero-order chi connectivity index (χ0) is 24.3. The van der Waals surface area contributed by atoms with Crippen LogP contribution in [0.2, 0.25) is 0 Å². The van der Waals surface area contributed by atoms with Gasteiger partial charge in [-0.05, 0) is 55.6 Å². The predicted octanol–water partition coefficient (Wildman–Crippen LogP) is 2.54. The summed E-state index contributed by atoms with van der Waals surface area (Å²) in [6.07, 6.45) is 6.08. The smallest absolute Gasteiger partial charge is 0.303 e. The molecular formula is C24H32O8S. The Bertz CT molecular complexity index is 972. The molecule has 0 aromatic rings. The Morgan fingerprint density at radius 1 is 1.30 bits per heavy atom. The van der Waals surface area contributed by atoms with Crippen molar-refractivity contribution in [2.75, 3.05) is 6.61 Å². The molecule has 33 heavy (non-hydrogen) atoms. The fourth-order valence-electron chi connectivity index (χ4n) is 7.78. The molecule has 0 amide bonds. The van der Waals surface area contributed by atoms with E-state index in [1.807, 2.05) is 13.0 Å². The topological polar surface area (TPSA) is 127 Å². The molecule has 0 radical (unpaired) electrons. The first-order valence-electron chi connectivity index (χ1n) is 11.5. The highest BCUT2D eigenvalue weighted by molar-refractivity contribution is 7.74. The number of allylic oxidation sites excluding steroid dienone is 4. The Balaban J connectivity index is 1.76. The molecule has 9 atom stereocenters. The van der Waals surface area contributed by atoms with Gasteiger partial charge in [-0.1, -0.05) is 32.4 Å². The first-order chi connectivity index (χ1) is 15.4. The molecule has 2 N–H and O–H groups in total. The monoisotopic (exact) mass is 480 g/mol. The molecular weight excluding hydrogens is 448 g/mol. The van der Waals surface area contributed by atoms with Crippen LogP contribution >= 0.6 is 0 Å². The van der Waals surface area contributed by atoms with Crippen molar-refractivity contribution in [3.05, 3.63) is 23.8 Å². The average Bonchev–Trinajstić information content (AvgIpc) is 2.99. The van der Waals surface area contributed by atoms with Crippen LogP contribution in [0.4, 0.5) is 0 Å².